The smallest absolute Gasteiger partial charge is 0.338 e. The van der Waals surface area contributed by atoms with Crippen LogP contribution in [0.25, 0.3) is 43.1 Å². The first-order valence-corrected chi connectivity index (χ1v) is 12.1. The average molecular weight is 453 g/mol. The molecule has 0 unspecified atom stereocenters. The number of ether oxygens (including phenoxy) is 1. The number of carbonyl (C=O) groups is 2. The third-order valence-electron chi connectivity index (χ3n) is 6.84. The Hall–Kier alpha value is -3.66. The Morgan fingerprint density at radius 2 is 1.15 bits per heavy atom. The zero-order valence-electron chi connectivity index (χ0n) is 19.4. The Bertz CT molecular complexity index is 1500. The first kappa shape index (κ1) is 22.1. The molecule has 0 spiro atoms. The summed E-state index contributed by atoms with van der Waals surface area (Å²) in [4.78, 5) is 24.8. The predicted octanol–water partition coefficient (Wildman–Crippen LogP) is 7.95. The molecule has 1 N–H and O–H groups in total. The van der Waals surface area contributed by atoms with Gasteiger partial charge in [0.05, 0.1) is 17.7 Å². The second-order valence-electron chi connectivity index (χ2n) is 8.99. The van der Waals surface area contributed by atoms with Crippen molar-refractivity contribution in [3.05, 3.63) is 71.8 Å². The summed E-state index contributed by atoms with van der Waals surface area (Å²) in [5.74, 6) is -1.22. The van der Waals surface area contributed by atoms with Crippen LogP contribution < -0.4 is 0 Å². The Labute approximate surface area is 198 Å². The highest BCUT2D eigenvalue weighted by molar-refractivity contribution is 6.35. The maximum Gasteiger partial charge on any atom is 0.338 e. The molecule has 4 heteroatoms. The van der Waals surface area contributed by atoms with Crippen molar-refractivity contribution >= 4 is 55.0 Å². The number of carboxylic acid groups (broad SMARTS) is 1. The lowest BCUT2D eigenvalue weighted by molar-refractivity contribution is 0.0499. The number of fused-ring (bicyclic) bond motifs is 2. The standard InChI is InChI=1S/C30H28O4/c1-2-3-4-5-6-7-18-34-30(33)26-17-15-24-19-10-8-12-21-25(29(31)32)16-14-23(27(19)21)20-11-9-13-22(26)28(20)24/h8-17H,2-7,18H2,1H3,(H,31,32). The lowest BCUT2D eigenvalue weighted by atomic mass is 9.87. The summed E-state index contributed by atoms with van der Waals surface area (Å²) in [6.07, 6.45) is 6.87. The molecule has 0 saturated carbocycles. The van der Waals surface area contributed by atoms with Crippen LogP contribution in [0.5, 0.6) is 0 Å². The van der Waals surface area contributed by atoms with E-state index in [1.54, 1.807) is 6.07 Å². The van der Waals surface area contributed by atoms with E-state index >= 15 is 0 Å². The summed E-state index contributed by atoms with van der Waals surface area (Å²) < 4.78 is 5.64. The monoisotopic (exact) mass is 452 g/mol. The molecule has 0 radical (unpaired) electrons. The van der Waals surface area contributed by atoms with E-state index < -0.39 is 5.97 Å². The molecule has 0 aliphatic rings. The van der Waals surface area contributed by atoms with E-state index in [1.807, 2.05) is 54.6 Å². The quantitative estimate of drug-likeness (QED) is 0.107. The lowest BCUT2D eigenvalue weighted by Crippen LogP contribution is -2.07. The second kappa shape index (κ2) is 9.30. The van der Waals surface area contributed by atoms with Crippen molar-refractivity contribution in [1.82, 2.24) is 0 Å². The van der Waals surface area contributed by atoms with E-state index in [4.69, 9.17) is 4.74 Å². The zero-order valence-corrected chi connectivity index (χ0v) is 19.4. The van der Waals surface area contributed by atoms with Gasteiger partial charge in [-0.2, -0.15) is 0 Å². The number of benzene rings is 5. The highest BCUT2D eigenvalue weighted by Crippen LogP contribution is 2.41. The van der Waals surface area contributed by atoms with Gasteiger partial charge in [-0.05, 0) is 61.6 Å². The van der Waals surface area contributed by atoms with Gasteiger partial charge < -0.3 is 9.84 Å². The maximum absolute atomic E-state index is 13.0. The minimum absolute atomic E-state index is 0.289. The number of unbranched alkanes of at least 4 members (excludes halogenated alkanes) is 5. The molecule has 0 heterocycles. The Morgan fingerprint density at radius 3 is 1.76 bits per heavy atom. The average Bonchev–Trinajstić information content (AvgIpc) is 2.85. The van der Waals surface area contributed by atoms with Gasteiger partial charge in [-0.3, -0.25) is 0 Å². The molecule has 0 amide bonds. The zero-order chi connectivity index (χ0) is 23.7. The minimum Gasteiger partial charge on any atom is -0.478 e. The van der Waals surface area contributed by atoms with Crippen LogP contribution in [-0.4, -0.2) is 23.7 Å². The third-order valence-corrected chi connectivity index (χ3v) is 6.84. The van der Waals surface area contributed by atoms with Gasteiger partial charge in [0, 0.05) is 0 Å². The second-order valence-corrected chi connectivity index (χ2v) is 8.99. The minimum atomic E-state index is -0.934. The Kier molecular flexibility index (Phi) is 6.06. The van der Waals surface area contributed by atoms with Crippen LogP contribution in [0.4, 0.5) is 0 Å². The molecule has 0 fully saturated rings. The van der Waals surface area contributed by atoms with E-state index in [9.17, 15) is 14.7 Å². The van der Waals surface area contributed by atoms with Crippen molar-refractivity contribution < 1.29 is 19.4 Å². The summed E-state index contributed by atoms with van der Waals surface area (Å²) >= 11 is 0. The predicted molar refractivity (Wildman–Crippen MR) is 138 cm³/mol. The molecule has 34 heavy (non-hydrogen) atoms. The van der Waals surface area contributed by atoms with Crippen molar-refractivity contribution in [1.29, 1.82) is 0 Å². The van der Waals surface area contributed by atoms with E-state index in [0.717, 1.165) is 55.9 Å². The molecule has 4 nitrogen and oxygen atoms in total. The maximum atomic E-state index is 13.0. The summed E-state index contributed by atoms with van der Waals surface area (Å²) in [5, 5.41) is 17.3. The van der Waals surface area contributed by atoms with E-state index in [-0.39, 0.29) is 5.97 Å². The fourth-order valence-corrected chi connectivity index (χ4v) is 5.20. The van der Waals surface area contributed by atoms with Gasteiger partial charge in [-0.15, -0.1) is 0 Å². The molecule has 5 aromatic rings. The van der Waals surface area contributed by atoms with Gasteiger partial charge in [0.1, 0.15) is 0 Å². The highest BCUT2D eigenvalue weighted by atomic mass is 16.5. The molecular formula is C30H28O4. The van der Waals surface area contributed by atoms with Gasteiger partial charge in [0.15, 0.2) is 0 Å². The van der Waals surface area contributed by atoms with E-state index in [0.29, 0.717) is 17.7 Å². The van der Waals surface area contributed by atoms with Gasteiger partial charge >= 0.3 is 11.9 Å². The summed E-state index contributed by atoms with van der Waals surface area (Å²) in [6.45, 7) is 2.64. The van der Waals surface area contributed by atoms with E-state index in [1.165, 1.54) is 25.7 Å². The van der Waals surface area contributed by atoms with Gasteiger partial charge in [0.25, 0.3) is 0 Å². The number of rotatable bonds is 9. The van der Waals surface area contributed by atoms with Crippen LogP contribution in [0.15, 0.2) is 60.7 Å². The number of hydrogen-bond donors (Lipinski definition) is 1. The van der Waals surface area contributed by atoms with Crippen molar-refractivity contribution in [2.24, 2.45) is 0 Å². The number of esters is 1. The van der Waals surface area contributed by atoms with Crippen LogP contribution in [0.3, 0.4) is 0 Å². The topological polar surface area (TPSA) is 63.6 Å². The molecule has 0 saturated heterocycles. The first-order valence-electron chi connectivity index (χ1n) is 12.1. The van der Waals surface area contributed by atoms with Crippen LogP contribution >= 0.6 is 0 Å². The van der Waals surface area contributed by atoms with Crippen LogP contribution in [0, 0.1) is 0 Å². The number of carboxylic acids is 1. The van der Waals surface area contributed by atoms with Crippen LogP contribution in [0.2, 0.25) is 0 Å². The van der Waals surface area contributed by atoms with Gasteiger partial charge in [-0.25, -0.2) is 9.59 Å². The van der Waals surface area contributed by atoms with Crippen molar-refractivity contribution in [3.63, 3.8) is 0 Å². The number of hydrogen-bond acceptors (Lipinski definition) is 3. The molecule has 0 bridgehead atoms. The number of carbonyl (C=O) groups excluding carboxylic acids is 1. The van der Waals surface area contributed by atoms with Crippen LogP contribution in [-0.2, 0) is 4.74 Å². The largest absolute Gasteiger partial charge is 0.478 e. The van der Waals surface area contributed by atoms with Crippen LogP contribution in [0.1, 0.15) is 66.2 Å². The van der Waals surface area contributed by atoms with Gasteiger partial charge in [-0.1, -0.05) is 87.6 Å². The van der Waals surface area contributed by atoms with E-state index in [2.05, 4.69) is 6.92 Å². The Balaban J connectivity index is 1.56. The molecule has 5 rings (SSSR count). The van der Waals surface area contributed by atoms with Crippen molar-refractivity contribution in [2.75, 3.05) is 6.61 Å². The molecule has 0 atom stereocenters. The normalized spacial score (nSPS) is 11.7. The summed E-state index contributed by atoms with van der Waals surface area (Å²) in [5.41, 5.74) is 0.871. The molecular weight excluding hydrogens is 424 g/mol. The first-order chi connectivity index (χ1) is 16.6. The fourth-order valence-electron chi connectivity index (χ4n) is 5.20. The van der Waals surface area contributed by atoms with Gasteiger partial charge in [0.2, 0.25) is 0 Å². The molecule has 0 aliphatic carbocycles. The molecule has 0 aliphatic heterocycles. The fraction of sp³-hybridized carbons (Fsp3) is 0.267. The van der Waals surface area contributed by atoms with Crippen molar-refractivity contribution in [2.45, 2.75) is 45.4 Å². The lowest BCUT2D eigenvalue weighted by Gasteiger charge is -2.17. The van der Waals surface area contributed by atoms with Crippen molar-refractivity contribution in [3.8, 4) is 0 Å². The summed E-state index contributed by atoms with van der Waals surface area (Å²) in [7, 11) is 0. The third kappa shape index (κ3) is 3.73. The molecule has 172 valence electrons. The summed E-state index contributed by atoms with van der Waals surface area (Å²) in [6, 6.07) is 19.1. The highest BCUT2D eigenvalue weighted by Gasteiger charge is 2.19. The number of aromatic carboxylic acids is 1. The SMILES string of the molecule is CCCCCCCCOC(=O)c1ccc2c3cccc4c(C(=O)O)ccc(c5cccc1c52)c43. The molecule has 5 aromatic carbocycles. The Morgan fingerprint density at radius 1 is 0.647 bits per heavy atom. The molecule has 0 aromatic heterocycles.